The van der Waals surface area contributed by atoms with Gasteiger partial charge in [0.25, 0.3) is 0 Å². The van der Waals surface area contributed by atoms with Crippen LogP contribution in [0.4, 0.5) is 0 Å². The van der Waals surface area contributed by atoms with Crippen molar-refractivity contribution in [3.63, 3.8) is 0 Å². The van der Waals surface area contributed by atoms with Gasteiger partial charge < -0.3 is 5.73 Å². The fourth-order valence-corrected chi connectivity index (χ4v) is 1.95. The Kier molecular flexibility index (Phi) is 7.89. The van der Waals surface area contributed by atoms with E-state index in [1.165, 1.54) is 18.4 Å². The average molecular weight is 349 g/mol. The zero-order valence-corrected chi connectivity index (χ0v) is 14.1. The number of carbonyl (C=O) groups excluding carboxylic acids is 1. The maximum absolute atomic E-state index is 11.4. The fourth-order valence-electron chi connectivity index (χ4n) is 1.95. The summed E-state index contributed by atoms with van der Waals surface area (Å²) < 4.78 is 0. The van der Waals surface area contributed by atoms with Crippen molar-refractivity contribution < 1.29 is 14.7 Å². The molecule has 0 atom stereocenters. The fraction of sp³-hybridized carbons (Fsp3) is 0.0500. The monoisotopic (exact) mass is 349 g/mol. The maximum Gasteiger partial charge on any atom is 0.248 e. The third kappa shape index (κ3) is 6.84. The molecule has 0 saturated heterocycles. The van der Waals surface area contributed by atoms with Crippen LogP contribution in [0.5, 0.6) is 5.75 Å². The molecule has 6 heteroatoms. The maximum atomic E-state index is 11.4. The van der Waals surface area contributed by atoms with Crippen molar-refractivity contribution in [2.45, 2.75) is 6.42 Å². The number of allylic oxidation sites excluding steroid dienone is 9. The Bertz CT molecular complexity index is 815. The number of hydrogen-bond acceptors (Lipinski definition) is 5. The number of rotatable bonds is 1. The first-order valence-electron chi connectivity index (χ1n) is 7.92. The zero-order chi connectivity index (χ0) is 18.5. The van der Waals surface area contributed by atoms with E-state index < -0.39 is 5.91 Å². The lowest BCUT2D eigenvalue weighted by molar-refractivity contribution is -0.215. The molecule has 0 bridgehead atoms. The molecule has 0 aromatic heterocycles. The molecule has 0 aliphatic carbocycles. The van der Waals surface area contributed by atoms with Gasteiger partial charge in [0, 0.05) is 11.1 Å². The van der Waals surface area contributed by atoms with Crippen molar-refractivity contribution in [1.29, 1.82) is 0 Å². The van der Waals surface area contributed by atoms with Gasteiger partial charge in [0.1, 0.15) is 0 Å². The van der Waals surface area contributed by atoms with Crippen LogP contribution < -0.4 is 10.6 Å². The Morgan fingerprint density at radius 2 is 1.77 bits per heavy atom. The largest absolute Gasteiger partial charge is 0.366 e. The lowest BCUT2D eigenvalue weighted by Crippen LogP contribution is -2.12. The molecule has 1 heterocycles. The zero-order valence-electron chi connectivity index (χ0n) is 14.1. The predicted octanol–water partition coefficient (Wildman–Crippen LogP) is 4.07. The van der Waals surface area contributed by atoms with Gasteiger partial charge in [-0.05, 0) is 30.7 Å². The van der Waals surface area contributed by atoms with E-state index >= 15 is 0 Å². The Hall–Kier alpha value is -3.67. The van der Waals surface area contributed by atoms with Crippen molar-refractivity contribution in [2.75, 3.05) is 0 Å². The summed E-state index contributed by atoms with van der Waals surface area (Å²) in [6.07, 6.45) is 19.8. The van der Waals surface area contributed by atoms with E-state index in [1.807, 2.05) is 48.6 Å². The first-order valence-corrected chi connectivity index (χ1v) is 7.92. The minimum Gasteiger partial charge on any atom is -0.366 e. The van der Waals surface area contributed by atoms with Crippen LogP contribution in [0.3, 0.4) is 0 Å². The lowest BCUT2D eigenvalue weighted by atomic mass is 10.1. The molecule has 26 heavy (non-hydrogen) atoms. The molecule has 0 unspecified atom stereocenters. The second-order valence-corrected chi connectivity index (χ2v) is 5.05. The molecule has 2 rings (SSSR count). The molecule has 1 aliphatic heterocycles. The van der Waals surface area contributed by atoms with Crippen molar-refractivity contribution in [2.24, 2.45) is 16.1 Å². The summed E-state index contributed by atoms with van der Waals surface area (Å²) in [6.45, 7) is 0. The van der Waals surface area contributed by atoms with Crippen molar-refractivity contribution in [3.05, 3.63) is 102 Å². The van der Waals surface area contributed by atoms with E-state index in [9.17, 15) is 4.79 Å². The number of nitrogens with two attached hydrogens (primary N) is 1. The quantitative estimate of drug-likeness (QED) is 0.775. The highest BCUT2D eigenvalue weighted by Crippen LogP contribution is 2.19. The van der Waals surface area contributed by atoms with Crippen LogP contribution in [-0.2, 0) is 16.2 Å². The van der Waals surface area contributed by atoms with Gasteiger partial charge in [0.05, 0.1) is 11.5 Å². The Morgan fingerprint density at radius 1 is 1.00 bits per heavy atom. The summed E-state index contributed by atoms with van der Waals surface area (Å²) >= 11 is 0. The molecular formula is C20H19N3O3. The van der Waals surface area contributed by atoms with E-state index in [-0.39, 0.29) is 0 Å². The van der Waals surface area contributed by atoms with Crippen molar-refractivity contribution >= 4 is 5.91 Å². The molecule has 1 aromatic carbocycles. The van der Waals surface area contributed by atoms with Crippen LogP contribution in [-0.4, -0.2) is 5.91 Å². The van der Waals surface area contributed by atoms with E-state index in [4.69, 9.17) is 15.6 Å². The highest BCUT2D eigenvalue weighted by Gasteiger charge is 2.02. The van der Waals surface area contributed by atoms with Gasteiger partial charge in [-0.3, -0.25) is 9.68 Å². The highest BCUT2D eigenvalue weighted by atomic mass is 17.3. The standard InChI is InChI=1S/C20H19N3O3/c21-20(24)18-13-7-5-3-1-2-4-6-11-17-12-8-9-15-19(17)25-26-23-22-16-10-14-18/h1-10,12-16H,11H2,(H2,21,24)/b2-1+,5-3+,6-4-,13-7?,16-10+,18-14?,23-22?. The lowest BCUT2D eigenvalue weighted by Gasteiger charge is -2.04. The van der Waals surface area contributed by atoms with Gasteiger partial charge in [-0.25, -0.2) is 0 Å². The molecule has 6 nitrogen and oxygen atoms in total. The number of hydrogen-bond donors (Lipinski definition) is 1. The molecule has 0 spiro atoms. The first kappa shape index (κ1) is 18.7. The molecule has 1 aromatic rings. The van der Waals surface area contributed by atoms with Crippen molar-refractivity contribution in [1.82, 2.24) is 0 Å². The molecule has 0 fully saturated rings. The predicted molar refractivity (Wildman–Crippen MR) is 99.7 cm³/mol. The molecule has 132 valence electrons. The third-order valence-electron chi connectivity index (χ3n) is 3.20. The molecule has 2 N–H and O–H groups in total. The van der Waals surface area contributed by atoms with Crippen LogP contribution >= 0.6 is 0 Å². The van der Waals surface area contributed by atoms with E-state index in [2.05, 4.69) is 10.4 Å². The summed E-state index contributed by atoms with van der Waals surface area (Å²) in [5, 5.41) is 7.08. The number of para-hydroxylation sites is 1. The van der Waals surface area contributed by atoms with Gasteiger partial charge in [0.15, 0.2) is 5.75 Å². The number of fused-ring (bicyclic) bond motifs is 1. The van der Waals surface area contributed by atoms with Crippen molar-refractivity contribution in [3.8, 4) is 5.75 Å². The van der Waals surface area contributed by atoms with E-state index in [0.717, 1.165) is 5.56 Å². The number of nitrogens with zero attached hydrogens (tertiary/aromatic N) is 2. The van der Waals surface area contributed by atoms with Crippen LogP contribution in [0.1, 0.15) is 5.56 Å². The van der Waals surface area contributed by atoms with Crippen LogP contribution in [0.15, 0.2) is 107 Å². The number of amides is 1. The number of primary amides is 1. The van der Waals surface area contributed by atoms with Crippen LogP contribution in [0, 0.1) is 0 Å². The second kappa shape index (κ2) is 11.0. The number of carbonyl (C=O) groups is 1. The Morgan fingerprint density at radius 3 is 2.62 bits per heavy atom. The Balaban J connectivity index is 2.19. The highest BCUT2D eigenvalue weighted by molar-refractivity contribution is 5.95. The molecule has 1 amide bonds. The summed E-state index contributed by atoms with van der Waals surface area (Å²) in [5.41, 5.74) is 6.59. The SMILES string of the molecule is NC(=O)C1=C/C=C/N=NOOc2ccccc2C\C=C/C=C/C=C/C=C1. The summed E-state index contributed by atoms with van der Waals surface area (Å²) in [4.78, 5) is 21.2. The van der Waals surface area contributed by atoms with E-state index in [0.29, 0.717) is 17.7 Å². The normalized spacial score (nSPS) is 19.9. The molecular weight excluding hydrogens is 330 g/mol. The van der Waals surface area contributed by atoms with Gasteiger partial charge in [0.2, 0.25) is 5.91 Å². The molecule has 0 radical (unpaired) electrons. The van der Waals surface area contributed by atoms with Crippen LogP contribution in [0.25, 0.3) is 0 Å². The van der Waals surface area contributed by atoms with E-state index in [1.54, 1.807) is 24.3 Å². The first-order chi connectivity index (χ1) is 12.8. The molecule has 1 aliphatic rings. The number of benzene rings is 1. The van der Waals surface area contributed by atoms with Gasteiger partial charge in [-0.2, -0.15) is 0 Å². The molecule has 0 saturated carbocycles. The van der Waals surface area contributed by atoms with Gasteiger partial charge >= 0.3 is 0 Å². The van der Waals surface area contributed by atoms with Gasteiger partial charge in [-0.15, -0.1) is 10.1 Å². The van der Waals surface area contributed by atoms with Gasteiger partial charge in [-0.1, -0.05) is 60.7 Å². The summed E-state index contributed by atoms with van der Waals surface area (Å²) in [5.74, 6) is 0.0128. The summed E-state index contributed by atoms with van der Waals surface area (Å²) in [6, 6.07) is 7.48. The minimum atomic E-state index is -0.545. The summed E-state index contributed by atoms with van der Waals surface area (Å²) in [7, 11) is 0. The smallest absolute Gasteiger partial charge is 0.248 e. The van der Waals surface area contributed by atoms with Crippen LogP contribution in [0.2, 0.25) is 0 Å². The Labute approximate surface area is 151 Å². The third-order valence-corrected chi connectivity index (χ3v) is 3.20. The topological polar surface area (TPSA) is 86.3 Å². The second-order valence-electron chi connectivity index (χ2n) is 5.05. The minimum absolute atomic E-state index is 0.328. The average Bonchev–Trinajstić information content (AvgIpc) is 2.64.